The summed E-state index contributed by atoms with van der Waals surface area (Å²) in [5, 5.41) is 7.31. The van der Waals surface area contributed by atoms with E-state index >= 15 is 0 Å². The van der Waals surface area contributed by atoms with Crippen LogP contribution in [0, 0.1) is 0 Å². The Kier molecular flexibility index (Phi) is 2.79. The van der Waals surface area contributed by atoms with Crippen molar-refractivity contribution in [3.63, 3.8) is 0 Å². The minimum absolute atomic E-state index is 0.343. The summed E-state index contributed by atoms with van der Waals surface area (Å²) in [5.74, 6) is 0.909. The predicted molar refractivity (Wildman–Crippen MR) is 51.9 cm³/mol. The first kappa shape index (κ1) is 9.61. The summed E-state index contributed by atoms with van der Waals surface area (Å²) < 4.78 is 7.52. The molecule has 14 heavy (non-hydrogen) atoms. The Morgan fingerprint density at radius 1 is 1.64 bits per heavy atom. The van der Waals surface area contributed by atoms with Crippen molar-refractivity contribution in [3.05, 3.63) is 12.2 Å². The van der Waals surface area contributed by atoms with Gasteiger partial charge in [0.15, 0.2) is 5.82 Å². The molecule has 1 saturated heterocycles. The molecule has 0 saturated carbocycles. The van der Waals surface area contributed by atoms with Crippen molar-refractivity contribution in [1.29, 1.82) is 0 Å². The second-order valence-corrected chi connectivity index (χ2v) is 3.81. The van der Waals surface area contributed by atoms with Gasteiger partial charge in [-0.2, -0.15) is 5.10 Å². The number of nitrogens with zero attached hydrogens (tertiary/aromatic N) is 3. The molecule has 1 aromatic rings. The Morgan fingerprint density at radius 3 is 3.00 bits per heavy atom. The number of hydrogen-bond donors (Lipinski definition) is 1. The lowest BCUT2D eigenvalue weighted by atomic mass is 10.2. The molecule has 0 unspecified atom stereocenters. The van der Waals surface area contributed by atoms with Gasteiger partial charge in [0.2, 0.25) is 0 Å². The molecule has 0 atom stereocenters. The second-order valence-electron chi connectivity index (χ2n) is 3.81. The normalized spacial score (nSPS) is 17.4. The third-order valence-corrected chi connectivity index (χ3v) is 2.33. The van der Waals surface area contributed by atoms with Gasteiger partial charge >= 0.3 is 0 Å². The topological polar surface area (TPSA) is 52.0 Å². The van der Waals surface area contributed by atoms with Crippen LogP contribution in [0.5, 0.6) is 0 Å². The van der Waals surface area contributed by atoms with E-state index in [0.29, 0.717) is 18.8 Å². The zero-order chi connectivity index (χ0) is 9.97. The van der Waals surface area contributed by atoms with Crippen molar-refractivity contribution in [2.75, 3.05) is 13.1 Å². The van der Waals surface area contributed by atoms with Crippen molar-refractivity contribution in [2.45, 2.75) is 32.6 Å². The van der Waals surface area contributed by atoms with Gasteiger partial charge < -0.3 is 10.1 Å². The van der Waals surface area contributed by atoms with E-state index in [1.165, 1.54) is 0 Å². The van der Waals surface area contributed by atoms with Gasteiger partial charge in [0.25, 0.3) is 0 Å². The third kappa shape index (κ3) is 1.93. The molecule has 1 aliphatic heterocycles. The van der Waals surface area contributed by atoms with Crippen molar-refractivity contribution >= 4 is 0 Å². The Bertz CT molecular complexity index is 293. The smallest absolute Gasteiger partial charge is 0.153 e. The fourth-order valence-corrected chi connectivity index (χ4v) is 1.38. The molecule has 0 bridgehead atoms. The number of rotatable bonds is 4. The van der Waals surface area contributed by atoms with Crippen LogP contribution in [-0.4, -0.2) is 34.0 Å². The SMILES string of the molecule is CC(C)n1ncnc1COC1CNC1. The largest absolute Gasteiger partial charge is 0.368 e. The summed E-state index contributed by atoms with van der Waals surface area (Å²) in [6.45, 7) is 6.64. The van der Waals surface area contributed by atoms with E-state index in [1.54, 1.807) is 6.33 Å². The summed E-state index contributed by atoms with van der Waals surface area (Å²) in [7, 11) is 0. The van der Waals surface area contributed by atoms with Gasteiger partial charge in [0, 0.05) is 19.1 Å². The molecule has 2 heterocycles. The summed E-state index contributed by atoms with van der Waals surface area (Å²) in [6.07, 6.45) is 1.94. The van der Waals surface area contributed by atoms with E-state index in [2.05, 4.69) is 29.2 Å². The van der Waals surface area contributed by atoms with Gasteiger partial charge in [-0.15, -0.1) is 0 Å². The van der Waals surface area contributed by atoms with Crippen molar-refractivity contribution in [1.82, 2.24) is 20.1 Å². The summed E-state index contributed by atoms with van der Waals surface area (Å²) in [5.41, 5.74) is 0. The lowest BCUT2D eigenvalue weighted by molar-refractivity contribution is 0.00243. The van der Waals surface area contributed by atoms with Crippen LogP contribution in [0.15, 0.2) is 6.33 Å². The van der Waals surface area contributed by atoms with Gasteiger partial charge in [-0.25, -0.2) is 9.67 Å². The molecular formula is C9H16N4O. The Labute approximate surface area is 83.5 Å². The molecular weight excluding hydrogens is 180 g/mol. The maximum atomic E-state index is 5.63. The number of hydrogen-bond acceptors (Lipinski definition) is 4. The van der Waals surface area contributed by atoms with E-state index in [-0.39, 0.29) is 0 Å². The van der Waals surface area contributed by atoms with Crippen LogP contribution in [0.25, 0.3) is 0 Å². The first-order valence-electron chi connectivity index (χ1n) is 4.98. The highest BCUT2D eigenvalue weighted by Gasteiger charge is 2.18. The average Bonchev–Trinajstić information content (AvgIpc) is 2.49. The van der Waals surface area contributed by atoms with Crippen LogP contribution in [0.3, 0.4) is 0 Å². The molecule has 78 valence electrons. The van der Waals surface area contributed by atoms with Gasteiger partial charge in [-0.1, -0.05) is 0 Å². The highest BCUT2D eigenvalue weighted by Crippen LogP contribution is 2.08. The van der Waals surface area contributed by atoms with Crippen LogP contribution in [-0.2, 0) is 11.3 Å². The summed E-state index contributed by atoms with van der Waals surface area (Å²) in [6, 6.07) is 0.343. The zero-order valence-electron chi connectivity index (χ0n) is 8.60. The lowest BCUT2D eigenvalue weighted by Crippen LogP contribution is -2.48. The molecule has 0 aromatic carbocycles. The summed E-state index contributed by atoms with van der Waals surface area (Å²) >= 11 is 0. The molecule has 1 fully saturated rings. The number of nitrogens with one attached hydrogen (secondary N) is 1. The quantitative estimate of drug-likeness (QED) is 0.755. The molecule has 1 N–H and O–H groups in total. The van der Waals surface area contributed by atoms with Crippen LogP contribution in [0.2, 0.25) is 0 Å². The molecule has 5 heteroatoms. The van der Waals surface area contributed by atoms with E-state index in [4.69, 9.17) is 4.74 Å². The maximum absolute atomic E-state index is 5.63. The highest BCUT2D eigenvalue weighted by atomic mass is 16.5. The molecule has 0 spiro atoms. The van der Waals surface area contributed by atoms with E-state index < -0.39 is 0 Å². The standard InChI is InChI=1S/C9H16N4O/c1-7(2)13-9(11-6-12-13)5-14-8-3-10-4-8/h6-8,10H,3-5H2,1-2H3. The molecule has 1 aromatic heterocycles. The third-order valence-electron chi connectivity index (χ3n) is 2.33. The molecule has 2 rings (SSSR count). The highest BCUT2D eigenvalue weighted by molar-refractivity contribution is 4.85. The summed E-state index contributed by atoms with van der Waals surface area (Å²) in [4.78, 5) is 4.17. The van der Waals surface area contributed by atoms with E-state index in [0.717, 1.165) is 18.9 Å². The van der Waals surface area contributed by atoms with Gasteiger partial charge in [-0.3, -0.25) is 0 Å². The van der Waals surface area contributed by atoms with E-state index in [1.807, 2.05) is 4.68 Å². The predicted octanol–water partition coefficient (Wildman–Crippen LogP) is 0.347. The Morgan fingerprint density at radius 2 is 2.43 bits per heavy atom. The number of aromatic nitrogens is 3. The van der Waals surface area contributed by atoms with Crippen molar-refractivity contribution in [3.8, 4) is 0 Å². The van der Waals surface area contributed by atoms with Crippen LogP contribution in [0.4, 0.5) is 0 Å². The molecule has 5 nitrogen and oxygen atoms in total. The Hall–Kier alpha value is -0.940. The number of ether oxygens (including phenoxy) is 1. The fraction of sp³-hybridized carbons (Fsp3) is 0.778. The zero-order valence-corrected chi connectivity index (χ0v) is 8.60. The minimum atomic E-state index is 0.343. The van der Waals surface area contributed by atoms with Crippen molar-refractivity contribution in [2.24, 2.45) is 0 Å². The lowest BCUT2D eigenvalue weighted by Gasteiger charge is -2.27. The van der Waals surface area contributed by atoms with Crippen molar-refractivity contribution < 1.29 is 4.74 Å². The first-order chi connectivity index (χ1) is 6.77. The molecule has 0 aliphatic carbocycles. The van der Waals surface area contributed by atoms with Crippen LogP contribution >= 0.6 is 0 Å². The minimum Gasteiger partial charge on any atom is -0.368 e. The molecule has 0 amide bonds. The van der Waals surface area contributed by atoms with Crippen LogP contribution < -0.4 is 5.32 Å². The first-order valence-corrected chi connectivity index (χ1v) is 4.98. The van der Waals surface area contributed by atoms with E-state index in [9.17, 15) is 0 Å². The van der Waals surface area contributed by atoms with Gasteiger partial charge in [-0.05, 0) is 13.8 Å². The molecule has 1 aliphatic rings. The van der Waals surface area contributed by atoms with Gasteiger partial charge in [0.1, 0.15) is 12.9 Å². The average molecular weight is 196 g/mol. The fourth-order valence-electron chi connectivity index (χ4n) is 1.38. The maximum Gasteiger partial charge on any atom is 0.153 e. The van der Waals surface area contributed by atoms with Gasteiger partial charge in [0.05, 0.1) is 6.10 Å². The second kappa shape index (κ2) is 4.06. The monoisotopic (exact) mass is 196 g/mol. The molecule has 0 radical (unpaired) electrons. The van der Waals surface area contributed by atoms with Crippen LogP contribution in [0.1, 0.15) is 25.7 Å². The Balaban J connectivity index is 1.90.